The average Bonchev–Trinajstić information content (AvgIpc) is 3.60. The number of halogens is 6. The normalized spacial score (nSPS) is 11.8. The lowest BCUT2D eigenvalue weighted by Crippen LogP contribution is -2.35. The van der Waals surface area contributed by atoms with Crippen molar-refractivity contribution in [1.82, 2.24) is 40.3 Å². The van der Waals surface area contributed by atoms with Crippen LogP contribution in [0.3, 0.4) is 0 Å². The lowest BCUT2D eigenvalue weighted by Gasteiger charge is -2.17. The van der Waals surface area contributed by atoms with Gasteiger partial charge in [-0.15, -0.1) is 10.2 Å². The van der Waals surface area contributed by atoms with Gasteiger partial charge in [-0.25, -0.2) is 9.67 Å². The minimum Gasteiger partial charge on any atom is -0.389 e. The van der Waals surface area contributed by atoms with Crippen molar-refractivity contribution in [2.24, 2.45) is 5.73 Å². The van der Waals surface area contributed by atoms with E-state index in [2.05, 4.69) is 36.1 Å². The van der Waals surface area contributed by atoms with E-state index in [1.54, 1.807) is 19.9 Å². The van der Waals surface area contributed by atoms with Gasteiger partial charge in [-0.2, -0.15) is 31.8 Å². The number of anilines is 1. The molecule has 0 saturated heterocycles. The van der Waals surface area contributed by atoms with Gasteiger partial charge in [-0.05, 0) is 54.5 Å². The fraction of sp³-hybridized carbons (Fsp3) is 0.280. The Morgan fingerprint density at radius 2 is 1.82 bits per heavy atom. The molecule has 232 valence electrons. The number of amides is 2. The summed E-state index contributed by atoms with van der Waals surface area (Å²) in [6.45, 7) is 3.22. The maximum absolute atomic E-state index is 13.8. The van der Waals surface area contributed by atoms with E-state index in [-0.39, 0.29) is 45.0 Å². The van der Waals surface area contributed by atoms with Crippen LogP contribution < -0.4 is 16.4 Å². The number of thiocarbonyl (C=S) groups is 1. The molecule has 0 spiro atoms. The van der Waals surface area contributed by atoms with Crippen LogP contribution in [-0.2, 0) is 18.9 Å². The highest BCUT2D eigenvalue weighted by molar-refractivity contribution is 7.80. The third-order valence-corrected chi connectivity index (χ3v) is 6.56. The molecule has 0 unspecified atom stereocenters. The molecule has 0 radical (unpaired) electrons. The number of aryl methyl sites for hydroxylation is 1. The number of hydrogen-bond donors (Lipinski definition) is 3. The van der Waals surface area contributed by atoms with E-state index in [1.807, 2.05) is 0 Å². The van der Waals surface area contributed by atoms with Crippen LogP contribution in [0.1, 0.15) is 57.3 Å². The second-order valence-corrected chi connectivity index (χ2v) is 9.89. The van der Waals surface area contributed by atoms with Crippen molar-refractivity contribution < 1.29 is 31.5 Å². The summed E-state index contributed by atoms with van der Waals surface area (Å²) in [5.74, 6) is -8.53. The van der Waals surface area contributed by atoms with E-state index in [0.29, 0.717) is 22.3 Å². The van der Waals surface area contributed by atoms with Gasteiger partial charge in [-0.3, -0.25) is 9.59 Å². The standard InChI is InChI=1S/C25H22ClF5N10O2S/c1-3-12-8-13(19(32)44)9-15(21(42)33-4-2)18(12)35-22(43)17-10-14(37-41(17)20-16(26)6-5-7-34-20)11-40-38-23(36-39-40)24(27,28)25(29,30)31/h5-10H,3-4,11H2,1-2H3,(H2,32,44)(H,33,42)(H,35,43). The van der Waals surface area contributed by atoms with Crippen LogP contribution in [0.2, 0.25) is 5.02 Å². The summed E-state index contributed by atoms with van der Waals surface area (Å²) in [5, 5.41) is 18.9. The molecule has 1 aromatic carbocycles. The maximum atomic E-state index is 13.8. The minimum absolute atomic E-state index is 0.00935. The third-order valence-electron chi connectivity index (χ3n) is 6.03. The van der Waals surface area contributed by atoms with Gasteiger partial charge >= 0.3 is 12.1 Å². The average molecular weight is 657 g/mol. The molecule has 0 aliphatic heterocycles. The summed E-state index contributed by atoms with van der Waals surface area (Å²) < 4.78 is 66.7. The van der Waals surface area contributed by atoms with Gasteiger partial charge in [0.15, 0.2) is 5.82 Å². The number of alkyl halides is 5. The van der Waals surface area contributed by atoms with E-state index in [0.717, 1.165) is 4.68 Å². The molecule has 3 heterocycles. The fourth-order valence-electron chi connectivity index (χ4n) is 3.95. The van der Waals surface area contributed by atoms with Crippen LogP contribution in [-0.4, -0.2) is 64.5 Å². The van der Waals surface area contributed by atoms with Gasteiger partial charge in [0, 0.05) is 18.3 Å². The number of hydrogen-bond acceptors (Lipinski definition) is 8. The number of rotatable bonds is 10. The van der Waals surface area contributed by atoms with Crippen molar-refractivity contribution in [2.45, 2.75) is 38.9 Å². The molecule has 0 atom stereocenters. The second-order valence-electron chi connectivity index (χ2n) is 9.05. The molecule has 0 aliphatic rings. The van der Waals surface area contributed by atoms with Gasteiger partial charge in [0.1, 0.15) is 17.2 Å². The fourth-order valence-corrected chi connectivity index (χ4v) is 4.27. The van der Waals surface area contributed by atoms with Crippen molar-refractivity contribution in [3.8, 4) is 5.82 Å². The van der Waals surface area contributed by atoms with Crippen LogP contribution in [0, 0.1) is 0 Å². The molecular weight excluding hydrogens is 635 g/mol. The van der Waals surface area contributed by atoms with E-state index in [1.165, 1.54) is 30.5 Å². The zero-order valence-corrected chi connectivity index (χ0v) is 24.4. The molecule has 3 aromatic heterocycles. The molecule has 2 amide bonds. The number of aromatic nitrogens is 7. The smallest absolute Gasteiger partial charge is 0.389 e. The van der Waals surface area contributed by atoms with Gasteiger partial charge in [0.05, 0.1) is 22.0 Å². The van der Waals surface area contributed by atoms with Crippen molar-refractivity contribution in [3.63, 3.8) is 0 Å². The lowest BCUT2D eigenvalue weighted by atomic mass is 9.99. The van der Waals surface area contributed by atoms with Crippen LogP contribution in [0.5, 0.6) is 0 Å². The number of carbonyl (C=O) groups is 2. The van der Waals surface area contributed by atoms with E-state index in [9.17, 15) is 31.5 Å². The second kappa shape index (κ2) is 12.6. The largest absolute Gasteiger partial charge is 0.461 e. The molecule has 44 heavy (non-hydrogen) atoms. The SMILES string of the molecule is CCNC(=O)c1cc(C(N)=S)cc(CC)c1NC(=O)c1cc(Cn2nnc(C(F)(F)C(F)(F)F)n2)nn1-c1ncccc1Cl. The summed E-state index contributed by atoms with van der Waals surface area (Å²) in [7, 11) is 0. The highest BCUT2D eigenvalue weighted by Gasteiger charge is 2.62. The summed E-state index contributed by atoms with van der Waals surface area (Å²) in [4.78, 5) is 31.3. The summed E-state index contributed by atoms with van der Waals surface area (Å²) >= 11 is 11.4. The topological polar surface area (TPSA) is 159 Å². The van der Waals surface area contributed by atoms with E-state index < -0.39 is 36.3 Å². The van der Waals surface area contributed by atoms with Crippen LogP contribution in [0.15, 0.2) is 36.5 Å². The van der Waals surface area contributed by atoms with Gasteiger partial charge in [-0.1, -0.05) is 30.7 Å². The Labute approximate surface area is 255 Å². The monoisotopic (exact) mass is 656 g/mol. The van der Waals surface area contributed by atoms with Crippen LogP contribution in [0.4, 0.5) is 27.6 Å². The number of nitrogens with one attached hydrogen (secondary N) is 2. The Morgan fingerprint density at radius 1 is 1.09 bits per heavy atom. The first-order chi connectivity index (χ1) is 20.7. The molecule has 12 nitrogen and oxygen atoms in total. The number of carbonyl (C=O) groups excluding carboxylic acids is 2. The number of tetrazole rings is 1. The highest BCUT2D eigenvalue weighted by atomic mass is 35.5. The van der Waals surface area contributed by atoms with E-state index >= 15 is 0 Å². The Balaban J connectivity index is 1.77. The molecule has 4 rings (SSSR count). The molecule has 0 bridgehead atoms. The molecular formula is C25H22ClF5N10O2S. The van der Waals surface area contributed by atoms with Crippen molar-refractivity contribution in [1.29, 1.82) is 0 Å². The van der Waals surface area contributed by atoms with Crippen molar-refractivity contribution in [3.05, 3.63) is 75.5 Å². The summed E-state index contributed by atoms with van der Waals surface area (Å²) in [6.07, 6.45) is -4.22. The first-order valence-corrected chi connectivity index (χ1v) is 13.4. The lowest BCUT2D eigenvalue weighted by molar-refractivity contribution is -0.292. The Kier molecular flexibility index (Phi) is 9.24. The predicted octanol–water partition coefficient (Wildman–Crippen LogP) is 3.81. The molecule has 19 heteroatoms. The van der Waals surface area contributed by atoms with Crippen molar-refractivity contribution >= 4 is 46.3 Å². The maximum Gasteiger partial charge on any atom is 0.461 e. The number of benzene rings is 1. The molecule has 0 aliphatic carbocycles. The summed E-state index contributed by atoms with van der Waals surface area (Å²) in [6, 6.07) is 7.25. The minimum atomic E-state index is -5.94. The Hall–Kier alpha value is -4.58. The van der Waals surface area contributed by atoms with Crippen molar-refractivity contribution in [2.75, 3.05) is 11.9 Å². The zero-order valence-electron chi connectivity index (χ0n) is 22.8. The van der Waals surface area contributed by atoms with E-state index in [4.69, 9.17) is 29.6 Å². The first kappa shape index (κ1) is 32.3. The molecule has 0 saturated carbocycles. The molecule has 0 fully saturated rings. The summed E-state index contributed by atoms with van der Waals surface area (Å²) in [5.41, 5.74) is 6.71. The Morgan fingerprint density at radius 3 is 2.43 bits per heavy atom. The van der Waals surface area contributed by atoms with Gasteiger partial charge in [0.2, 0.25) is 0 Å². The number of nitrogens with zero attached hydrogens (tertiary/aromatic N) is 7. The Bertz CT molecular complexity index is 1740. The predicted molar refractivity (Wildman–Crippen MR) is 151 cm³/mol. The van der Waals surface area contributed by atoms with Gasteiger partial charge < -0.3 is 16.4 Å². The molecule has 4 aromatic rings. The number of pyridine rings is 1. The van der Waals surface area contributed by atoms with Gasteiger partial charge in [0.25, 0.3) is 17.6 Å². The first-order valence-electron chi connectivity index (χ1n) is 12.7. The van der Waals surface area contributed by atoms with Crippen LogP contribution >= 0.6 is 23.8 Å². The number of nitrogens with two attached hydrogens (primary N) is 1. The highest BCUT2D eigenvalue weighted by Crippen LogP contribution is 2.41. The third kappa shape index (κ3) is 6.49. The van der Waals surface area contributed by atoms with Crippen LogP contribution in [0.25, 0.3) is 5.82 Å². The zero-order chi connectivity index (χ0) is 32.4. The molecule has 4 N–H and O–H groups in total. The quantitative estimate of drug-likeness (QED) is 0.170.